The molecule has 18 heavy (non-hydrogen) atoms. The van der Waals surface area contributed by atoms with E-state index in [1.54, 1.807) is 24.3 Å². The van der Waals surface area contributed by atoms with Crippen LogP contribution in [0.15, 0.2) is 29.2 Å². The Balaban J connectivity index is 2.50. The molecule has 0 fully saturated rings. The van der Waals surface area contributed by atoms with Gasteiger partial charge >= 0.3 is 0 Å². The van der Waals surface area contributed by atoms with Gasteiger partial charge < -0.3 is 15.2 Å². The lowest BCUT2D eigenvalue weighted by Crippen LogP contribution is -2.25. The average molecular weight is 277 g/mol. The molecule has 0 spiro atoms. The summed E-state index contributed by atoms with van der Waals surface area (Å²) >= 11 is 0.486. The van der Waals surface area contributed by atoms with E-state index in [9.17, 15) is 13.9 Å². The van der Waals surface area contributed by atoms with Crippen molar-refractivity contribution in [1.29, 1.82) is 0 Å². The number of ether oxygens (including phenoxy) is 1. The zero-order valence-corrected chi connectivity index (χ0v) is 10.9. The third-order valence-electron chi connectivity index (χ3n) is 2.15. The van der Waals surface area contributed by atoms with Crippen LogP contribution in [0.1, 0.15) is 6.92 Å². The molecule has 102 valence electrons. The molecule has 0 amide bonds. The number of alkyl halides is 2. The third-order valence-corrected chi connectivity index (χ3v) is 2.93. The number of para-hydroxylation sites is 1. The minimum Gasteiger partial charge on any atom is -0.389 e. The molecular formula is C12H17F2NO2S. The van der Waals surface area contributed by atoms with Crippen LogP contribution in [-0.2, 0) is 4.74 Å². The van der Waals surface area contributed by atoms with Crippen LogP contribution in [0.2, 0.25) is 0 Å². The summed E-state index contributed by atoms with van der Waals surface area (Å²) in [5.41, 5.74) is 0.596. The summed E-state index contributed by atoms with van der Waals surface area (Å²) in [5, 5.41) is 12.5. The van der Waals surface area contributed by atoms with Gasteiger partial charge in [-0.15, -0.1) is 0 Å². The van der Waals surface area contributed by atoms with Gasteiger partial charge in [-0.3, -0.25) is 0 Å². The standard InChI is InChI=1S/C12H17F2NO2S/c1-2-17-8-9(16)7-15-10-5-3-4-6-11(10)18-12(13)14/h3-6,9,12,15-16H,2,7-8H2,1H3. The van der Waals surface area contributed by atoms with Crippen molar-refractivity contribution in [1.82, 2.24) is 0 Å². The molecule has 0 heterocycles. The van der Waals surface area contributed by atoms with E-state index in [-0.39, 0.29) is 13.2 Å². The molecule has 1 aromatic rings. The number of aliphatic hydroxyl groups excluding tert-OH is 1. The molecule has 0 bridgehead atoms. The van der Waals surface area contributed by atoms with Gasteiger partial charge in [0.2, 0.25) is 0 Å². The van der Waals surface area contributed by atoms with Crippen molar-refractivity contribution in [3.63, 3.8) is 0 Å². The van der Waals surface area contributed by atoms with E-state index in [0.29, 0.717) is 29.0 Å². The number of nitrogens with one attached hydrogen (secondary N) is 1. The summed E-state index contributed by atoms with van der Waals surface area (Å²) in [4.78, 5) is 0.469. The molecule has 0 radical (unpaired) electrons. The molecule has 1 atom stereocenters. The second-order valence-corrected chi connectivity index (χ2v) is 4.60. The molecule has 1 unspecified atom stereocenters. The highest BCUT2D eigenvalue weighted by atomic mass is 32.2. The fourth-order valence-corrected chi connectivity index (χ4v) is 1.97. The summed E-state index contributed by atoms with van der Waals surface area (Å²) < 4.78 is 29.7. The minimum absolute atomic E-state index is 0.230. The SMILES string of the molecule is CCOCC(O)CNc1ccccc1SC(F)F. The van der Waals surface area contributed by atoms with Crippen molar-refractivity contribution < 1.29 is 18.6 Å². The normalized spacial score (nSPS) is 12.7. The Morgan fingerprint density at radius 3 is 2.78 bits per heavy atom. The summed E-state index contributed by atoms with van der Waals surface area (Å²) in [7, 11) is 0. The van der Waals surface area contributed by atoms with Gasteiger partial charge in [-0.25, -0.2) is 0 Å². The lowest BCUT2D eigenvalue weighted by atomic mass is 10.3. The maximum atomic E-state index is 12.3. The van der Waals surface area contributed by atoms with E-state index < -0.39 is 11.9 Å². The van der Waals surface area contributed by atoms with Crippen LogP contribution in [-0.4, -0.2) is 36.7 Å². The van der Waals surface area contributed by atoms with Crippen LogP contribution in [0.4, 0.5) is 14.5 Å². The predicted octanol–water partition coefficient (Wildman–Crippen LogP) is 2.81. The number of benzene rings is 1. The molecule has 2 N–H and O–H groups in total. The van der Waals surface area contributed by atoms with Crippen molar-refractivity contribution in [3.05, 3.63) is 24.3 Å². The Bertz CT molecular complexity index is 353. The van der Waals surface area contributed by atoms with Crippen LogP contribution < -0.4 is 5.32 Å². The van der Waals surface area contributed by atoms with Crippen molar-refractivity contribution in [2.75, 3.05) is 25.1 Å². The first-order chi connectivity index (χ1) is 8.63. The van der Waals surface area contributed by atoms with Crippen molar-refractivity contribution in [2.45, 2.75) is 23.7 Å². The molecule has 0 aliphatic heterocycles. The second kappa shape index (κ2) is 8.29. The molecule has 1 aromatic carbocycles. The molecule has 6 heteroatoms. The fraction of sp³-hybridized carbons (Fsp3) is 0.500. The second-order valence-electron chi connectivity index (χ2n) is 3.57. The Morgan fingerprint density at radius 2 is 2.11 bits per heavy atom. The quantitative estimate of drug-likeness (QED) is 0.717. The van der Waals surface area contributed by atoms with E-state index in [2.05, 4.69) is 5.32 Å². The Hall–Kier alpha value is -0.850. The first kappa shape index (κ1) is 15.2. The van der Waals surface area contributed by atoms with Crippen LogP contribution in [0.25, 0.3) is 0 Å². The van der Waals surface area contributed by atoms with Gasteiger partial charge in [0.15, 0.2) is 0 Å². The highest BCUT2D eigenvalue weighted by molar-refractivity contribution is 7.99. The van der Waals surface area contributed by atoms with E-state index >= 15 is 0 Å². The average Bonchev–Trinajstić information content (AvgIpc) is 2.34. The van der Waals surface area contributed by atoms with Crippen LogP contribution in [0.5, 0.6) is 0 Å². The predicted molar refractivity (Wildman–Crippen MR) is 69.3 cm³/mol. The van der Waals surface area contributed by atoms with Crippen LogP contribution in [0, 0.1) is 0 Å². The minimum atomic E-state index is -2.46. The Labute approximate surface area is 110 Å². The number of thioether (sulfide) groups is 1. The van der Waals surface area contributed by atoms with E-state index in [1.165, 1.54) is 0 Å². The van der Waals surface area contributed by atoms with Gasteiger partial charge in [0.05, 0.1) is 12.7 Å². The molecule has 1 rings (SSSR count). The lowest BCUT2D eigenvalue weighted by Gasteiger charge is -2.15. The number of hydrogen-bond acceptors (Lipinski definition) is 4. The smallest absolute Gasteiger partial charge is 0.288 e. The zero-order chi connectivity index (χ0) is 13.4. The molecular weight excluding hydrogens is 260 g/mol. The summed E-state index contributed by atoms with van der Waals surface area (Å²) in [6.45, 7) is 2.87. The van der Waals surface area contributed by atoms with Gasteiger partial charge in [-0.1, -0.05) is 23.9 Å². The van der Waals surface area contributed by atoms with Gasteiger partial charge in [-0.05, 0) is 19.1 Å². The highest BCUT2D eigenvalue weighted by Crippen LogP contribution is 2.31. The van der Waals surface area contributed by atoms with Crippen molar-refractivity contribution >= 4 is 17.4 Å². The number of halogens is 2. The van der Waals surface area contributed by atoms with Crippen molar-refractivity contribution in [3.8, 4) is 0 Å². The zero-order valence-electron chi connectivity index (χ0n) is 10.1. The molecule has 3 nitrogen and oxygen atoms in total. The topological polar surface area (TPSA) is 41.5 Å². The summed E-state index contributed by atoms with van der Waals surface area (Å²) in [5.74, 6) is -2.46. The maximum Gasteiger partial charge on any atom is 0.288 e. The molecule has 0 aromatic heterocycles. The molecule has 0 aliphatic carbocycles. The van der Waals surface area contributed by atoms with Crippen LogP contribution >= 0.6 is 11.8 Å². The van der Waals surface area contributed by atoms with E-state index in [4.69, 9.17) is 4.74 Å². The lowest BCUT2D eigenvalue weighted by molar-refractivity contribution is 0.0495. The fourth-order valence-electron chi connectivity index (χ4n) is 1.35. The number of aliphatic hydroxyl groups is 1. The highest BCUT2D eigenvalue weighted by Gasteiger charge is 2.10. The van der Waals surface area contributed by atoms with Crippen molar-refractivity contribution in [2.24, 2.45) is 0 Å². The van der Waals surface area contributed by atoms with Gasteiger partial charge in [-0.2, -0.15) is 8.78 Å². The Kier molecular flexibility index (Phi) is 7.00. The Morgan fingerprint density at radius 1 is 1.39 bits per heavy atom. The number of rotatable bonds is 8. The third kappa shape index (κ3) is 5.66. The summed E-state index contributed by atoms with van der Waals surface area (Å²) in [6.07, 6.45) is -0.658. The van der Waals surface area contributed by atoms with Gasteiger partial charge in [0.25, 0.3) is 5.76 Å². The summed E-state index contributed by atoms with van der Waals surface area (Å²) in [6, 6.07) is 6.78. The molecule has 0 saturated carbocycles. The van der Waals surface area contributed by atoms with Crippen LogP contribution in [0.3, 0.4) is 0 Å². The van der Waals surface area contributed by atoms with E-state index in [1.807, 2.05) is 6.92 Å². The first-order valence-corrected chi connectivity index (χ1v) is 6.55. The largest absolute Gasteiger partial charge is 0.389 e. The number of anilines is 1. The van der Waals surface area contributed by atoms with Gasteiger partial charge in [0, 0.05) is 23.7 Å². The maximum absolute atomic E-state index is 12.3. The van der Waals surface area contributed by atoms with Gasteiger partial charge in [0.1, 0.15) is 0 Å². The number of hydrogen-bond donors (Lipinski definition) is 2. The molecule has 0 saturated heterocycles. The monoisotopic (exact) mass is 277 g/mol. The van der Waals surface area contributed by atoms with E-state index in [0.717, 1.165) is 0 Å². The molecule has 0 aliphatic rings. The first-order valence-electron chi connectivity index (χ1n) is 5.67.